The number of nitro groups is 1. The molecule has 4 aliphatic rings. The molecule has 1 heterocycles. The lowest BCUT2D eigenvalue weighted by atomic mass is 9.48. The Kier molecular flexibility index (Phi) is 3.41. The average molecular weight is 410 g/mol. The summed E-state index contributed by atoms with van der Waals surface area (Å²) in [6, 6.07) is 22.0. The van der Waals surface area contributed by atoms with E-state index in [1.165, 1.54) is 18.2 Å². The van der Waals surface area contributed by atoms with Crippen molar-refractivity contribution in [3.63, 3.8) is 0 Å². The van der Waals surface area contributed by atoms with Crippen molar-refractivity contribution in [2.45, 2.75) is 18.3 Å². The van der Waals surface area contributed by atoms with Crippen LogP contribution in [0.4, 0.5) is 11.4 Å². The van der Waals surface area contributed by atoms with Gasteiger partial charge in [-0.2, -0.15) is 0 Å². The van der Waals surface area contributed by atoms with E-state index in [1.807, 2.05) is 55.5 Å². The van der Waals surface area contributed by atoms with Gasteiger partial charge in [0.2, 0.25) is 11.8 Å². The van der Waals surface area contributed by atoms with Gasteiger partial charge in [-0.3, -0.25) is 19.7 Å². The van der Waals surface area contributed by atoms with Crippen molar-refractivity contribution >= 4 is 23.2 Å². The molecule has 0 unspecified atom stereocenters. The molecule has 7 rings (SSSR count). The normalized spacial score (nSPS) is 27.6. The van der Waals surface area contributed by atoms with Gasteiger partial charge in [-0.05, 0) is 28.3 Å². The van der Waals surface area contributed by atoms with E-state index >= 15 is 0 Å². The number of hydrogen-bond acceptors (Lipinski definition) is 4. The molecule has 0 saturated carbocycles. The molecule has 3 aromatic rings. The summed E-state index contributed by atoms with van der Waals surface area (Å²) in [6.07, 6.45) is 0. The maximum atomic E-state index is 13.8. The zero-order valence-electron chi connectivity index (χ0n) is 16.7. The predicted octanol–water partition coefficient (Wildman–Crippen LogP) is 4.17. The van der Waals surface area contributed by atoms with Gasteiger partial charge in [0.05, 0.1) is 16.8 Å². The van der Waals surface area contributed by atoms with Gasteiger partial charge in [0, 0.05) is 17.4 Å². The number of nitrogens with zero attached hydrogens (tertiary/aromatic N) is 2. The monoisotopic (exact) mass is 410 g/mol. The van der Waals surface area contributed by atoms with Crippen molar-refractivity contribution in [3.05, 3.63) is 105 Å². The van der Waals surface area contributed by atoms with E-state index in [-0.39, 0.29) is 29.1 Å². The number of benzene rings is 3. The van der Waals surface area contributed by atoms with Gasteiger partial charge in [-0.25, -0.2) is 4.90 Å². The topological polar surface area (TPSA) is 80.5 Å². The lowest BCUT2D eigenvalue weighted by Gasteiger charge is -2.52. The minimum absolute atomic E-state index is 0.0491. The van der Waals surface area contributed by atoms with E-state index in [1.54, 1.807) is 6.07 Å². The van der Waals surface area contributed by atoms with Crippen LogP contribution < -0.4 is 4.90 Å². The number of nitro benzene ring substituents is 1. The molecule has 2 atom stereocenters. The summed E-state index contributed by atoms with van der Waals surface area (Å²) in [4.78, 5) is 39.7. The molecule has 0 spiro atoms. The second kappa shape index (κ2) is 5.88. The van der Waals surface area contributed by atoms with Crippen molar-refractivity contribution in [3.8, 4) is 0 Å². The number of para-hydroxylation sites is 2. The molecule has 0 N–H and O–H groups in total. The zero-order chi connectivity index (χ0) is 21.5. The molecule has 1 aliphatic heterocycles. The summed E-state index contributed by atoms with van der Waals surface area (Å²) in [5.74, 6) is -2.15. The Morgan fingerprint density at radius 3 is 2.00 bits per heavy atom. The molecule has 3 aromatic carbocycles. The summed E-state index contributed by atoms with van der Waals surface area (Å²) >= 11 is 0. The van der Waals surface area contributed by atoms with E-state index < -0.39 is 22.2 Å². The second-order valence-corrected chi connectivity index (χ2v) is 8.62. The number of carbonyl (C=O) groups excluding carboxylic acids is 2. The van der Waals surface area contributed by atoms with Crippen molar-refractivity contribution in [1.82, 2.24) is 0 Å². The van der Waals surface area contributed by atoms with E-state index in [0.717, 1.165) is 27.2 Å². The van der Waals surface area contributed by atoms with Crippen LogP contribution in [-0.4, -0.2) is 16.7 Å². The van der Waals surface area contributed by atoms with Crippen LogP contribution >= 0.6 is 0 Å². The maximum Gasteiger partial charge on any atom is 0.293 e. The number of anilines is 1. The molecule has 2 bridgehead atoms. The number of rotatable bonds is 2. The lowest BCUT2D eigenvalue weighted by Crippen LogP contribution is -2.51. The molecule has 31 heavy (non-hydrogen) atoms. The summed E-state index contributed by atoms with van der Waals surface area (Å²) < 4.78 is 0. The largest absolute Gasteiger partial charge is 0.293 e. The minimum atomic E-state index is -0.683. The van der Waals surface area contributed by atoms with Gasteiger partial charge >= 0.3 is 0 Å². The van der Waals surface area contributed by atoms with Gasteiger partial charge in [0.1, 0.15) is 5.69 Å². The zero-order valence-corrected chi connectivity index (χ0v) is 16.7. The second-order valence-electron chi connectivity index (χ2n) is 8.62. The Balaban J connectivity index is 1.62. The average Bonchev–Trinajstić information content (AvgIpc) is 3.05. The Morgan fingerprint density at radius 1 is 0.839 bits per heavy atom. The Morgan fingerprint density at radius 2 is 1.39 bits per heavy atom. The number of hydrogen-bond donors (Lipinski definition) is 0. The van der Waals surface area contributed by atoms with E-state index in [4.69, 9.17) is 0 Å². The standard InChI is InChI=1S/C25H18N2O4/c1-25-16-10-4-2-8-14(16)20(15-9-3-5-11-17(15)25)21-22(25)24(29)26(23(21)28)18-12-6-7-13-19(18)27(30)31/h2-13,20-22H,1H3/t20?,21-,22-,25?/m1/s1. The molecule has 0 aromatic heterocycles. The molecule has 6 heteroatoms. The third-order valence-corrected chi connectivity index (χ3v) is 7.36. The highest BCUT2D eigenvalue weighted by Gasteiger charge is 2.66. The smallest absolute Gasteiger partial charge is 0.274 e. The molecule has 2 amide bonds. The number of imide groups is 1. The first-order valence-electron chi connectivity index (χ1n) is 10.3. The van der Waals surface area contributed by atoms with Crippen LogP contribution in [0.3, 0.4) is 0 Å². The third kappa shape index (κ3) is 2.02. The van der Waals surface area contributed by atoms with Crippen LogP contribution in [0.2, 0.25) is 0 Å². The van der Waals surface area contributed by atoms with Crippen LogP contribution in [0.25, 0.3) is 0 Å². The Bertz CT molecular complexity index is 1270. The van der Waals surface area contributed by atoms with Crippen molar-refractivity contribution in [2.24, 2.45) is 11.8 Å². The van der Waals surface area contributed by atoms with Gasteiger partial charge in [-0.1, -0.05) is 67.6 Å². The fourth-order valence-corrected chi connectivity index (χ4v) is 6.20. The van der Waals surface area contributed by atoms with Gasteiger partial charge in [-0.15, -0.1) is 0 Å². The van der Waals surface area contributed by atoms with E-state index in [2.05, 4.69) is 0 Å². The van der Waals surface area contributed by atoms with Crippen LogP contribution in [0, 0.1) is 22.0 Å². The van der Waals surface area contributed by atoms with Crippen molar-refractivity contribution in [2.75, 3.05) is 4.90 Å². The van der Waals surface area contributed by atoms with Gasteiger partial charge in [0.25, 0.3) is 5.69 Å². The lowest BCUT2D eigenvalue weighted by molar-refractivity contribution is -0.384. The van der Waals surface area contributed by atoms with Crippen LogP contribution in [0.15, 0.2) is 72.8 Å². The van der Waals surface area contributed by atoms with Crippen LogP contribution in [0.5, 0.6) is 0 Å². The maximum absolute atomic E-state index is 13.8. The summed E-state index contributed by atoms with van der Waals surface area (Å²) in [5, 5.41) is 11.6. The fraction of sp³-hybridized carbons (Fsp3) is 0.200. The van der Waals surface area contributed by atoms with Gasteiger partial charge in [0.15, 0.2) is 0 Å². The molecule has 3 aliphatic carbocycles. The number of carbonyl (C=O) groups is 2. The fourth-order valence-electron chi connectivity index (χ4n) is 6.20. The van der Waals surface area contributed by atoms with Crippen molar-refractivity contribution in [1.29, 1.82) is 0 Å². The highest BCUT2D eigenvalue weighted by atomic mass is 16.6. The summed E-state index contributed by atoms with van der Waals surface area (Å²) in [6.45, 7) is 2.03. The van der Waals surface area contributed by atoms with Gasteiger partial charge < -0.3 is 0 Å². The molecular formula is C25H18N2O4. The van der Waals surface area contributed by atoms with Crippen LogP contribution in [-0.2, 0) is 15.0 Å². The molecule has 152 valence electrons. The first kappa shape index (κ1) is 18.0. The molecule has 6 nitrogen and oxygen atoms in total. The Hall–Kier alpha value is -3.80. The third-order valence-electron chi connectivity index (χ3n) is 7.36. The molecule has 1 saturated heterocycles. The molecular weight excluding hydrogens is 392 g/mol. The quantitative estimate of drug-likeness (QED) is 0.361. The molecule has 1 fully saturated rings. The summed E-state index contributed by atoms with van der Waals surface area (Å²) in [7, 11) is 0. The highest BCUT2D eigenvalue weighted by Crippen LogP contribution is 2.64. The van der Waals surface area contributed by atoms with Crippen molar-refractivity contribution < 1.29 is 14.5 Å². The van der Waals surface area contributed by atoms with Crippen LogP contribution in [0.1, 0.15) is 35.1 Å². The number of amides is 2. The van der Waals surface area contributed by atoms with E-state index in [9.17, 15) is 19.7 Å². The molecule has 0 radical (unpaired) electrons. The first-order valence-corrected chi connectivity index (χ1v) is 10.3. The predicted molar refractivity (Wildman–Crippen MR) is 114 cm³/mol. The highest BCUT2D eigenvalue weighted by molar-refractivity contribution is 6.24. The first-order chi connectivity index (χ1) is 15.0. The van der Waals surface area contributed by atoms with E-state index in [0.29, 0.717) is 0 Å². The SMILES string of the molecule is CC12c3ccccc3C(c3ccccc31)[C@H]1C(=O)N(c3ccccc3[N+](=O)[O-])C(=O)[C@@H]12. The Labute approximate surface area is 178 Å². The minimum Gasteiger partial charge on any atom is -0.274 e. The summed E-state index contributed by atoms with van der Waals surface area (Å²) in [5.41, 5.74) is 3.38.